The van der Waals surface area contributed by atoms with Crippen LogP contribution in [0.4, 0.5) is 11.4 Å². The molecule has 0 saturated heterocycles. The molecular formula is C14H9Cl2N3O2. The second kappa shape index (κ2) is 6.44. The summed E-state index contributed by atoms with van der Waals surface area (Å²) in [7, 11) is 0. The average molecular weight is 322 g/mol. The molecule has 0 aliphatic rings. The number of anilines is 1. The summed E-state index contributed by atoms with van der Waals surface area (Å²) in [5, 5.41) is 23.4. The van der Waals surface area contributed by atoms with E-state index in [0.29, 0.717) is 26.9 Å². The summed E-state index contributed by atoms with van der Waals surface area (Å²) in [5.74, 6) is 0. The lowest BCUT2D eigenvalue weighted by atomic mass is 10.1. The zero-order valence-electron chi connectivity index (χ0n) is 10.6. The van der Waals surface area contributed by atoms with Gasteiger partial charge in [0.1, 0.15) is 6.07 Å². The first kappa shape index (κ1) is 15.1. The van der Waals surface area contributed by atoms with E-state index in [-0.39, 0.29) is 12.2 Å². The van der Waals surface area contributed by atoms with Gasteiger partial charge in [0.15, 0.2) is 0 Å². The Kier molecular flexibility index (Phi) is 4.63. The van der Waals surface area contributed by atoms with Crippen molar-refractivity contribution in [3.63, 3.8) is 0 Å². The second-order valence-electron chi connectivity index (χ2n) is 4.19. The van der Waals surface area contributed by atoms with Gasteiger partial charge in [0.05, 0.1) is 15.5 Å². The Bertz CT molecular complexity index is 741. The zero-order valence-corrected chi connectivity index (χ0v) is 12.1. The monoisotopic (exact) mass is 321 g/mol. The van der Waals surface area contributed by atoms with Crippen molar-refractivity contribution in [3.8, 4) is 6.07 Å². The fraction of sp³-hybridized carbons (Fsp3) is 0.0714. The van der Waals surface area contributed by atoms with Gasteiger partial charge in [0.25, 0.3) is 5.69 Å². The van der Waals surface area contributed by atoms with Crippen LogP contribution in [0.3, 0.4) is 0 Å². The number of hydrogen-bond donors (Lipinski definition) is 1. The molecule has 7 heteroatoms. The highest BCUT2D eigenvalue weighted by Gasteiger charge is 2.14. The highest BCUT2D eigenvalue weighted by Crippen LogP contribution is 2.25. The highest BCUT2D eigenvalue weighted by atomic mass is 35.5. The number of nitriles is 1. The lowest BCUT2D eigenvalue weighted by molar-refractivity contribution is -0.385. The predicted molar refractivity (Wildman–Crippen MR) is 81.6 cm³/mol. The largest absolute Gasteiger partial charge is 0.381 e. The number of nitrogens with one attached hydrogen (secondary N) is 1. The zero-order chi connectivity index (χ0) is 15.4. The first-order chi connectivity index (χ1) is 10.0. The number of nitro benzene ring substituents is 1. The number of nitro groups is 1. The van der Waals surface area contributed by atoms with Gasteiger partial charge >= 0.3 is 0 Å². The fourth-order valence-corrected chi connectivity index (χ4v) is 2.16. The van der Waals surface area contributed by atoms with Crippen molar-refractivity contribution >= 4 is 34.6 Å². The maximum atomic E-state index is 11.0. The molecule has 21 heavy (non-hydrogen) atoms. The quantitative estimate of drug-likeness (QED) is 0.669. The van der Waals surface area contributed by atoms with Gasteiger partial charge in [-0.1, -0.05) is 23.2 Å². The summed E-state index contributed by atoms with van der Waals surface area (Å²) in [6.45, 7) is 0.246. The molecule has 0 fully saturated rings. The number of halogens is 2. The molecular weight excluding hydrogens is 313 g/mol. The third-order valence-electron chi connectivity index (χ3n) is 2.82. The molecule has 0 spiro atoms. The maximum absolute atomic E-state index is 11.0. The molecule has 0 saturated carbocycles. The van der Waals surface area contributed by atoms with Crippen LogP contribution in [0, 0.1) is 21.4 Å². The van der Waals surface area contributed by atoms with Crippen molar-refractivity contribution in [1.29, 1.82) is 5.26 Å². The van der Waals surface area contributed by atoms with Crippen LogP contribution in [0.2, 0.25) is 10.0 Å². The number of rotatable bonds is 4. The molecule has 0 unspecified atom stereocenters. The molecule has 1 N–H and O–H groups in total. The normalized spacial score (nSPS) is 9.95. The summed E-state index contributed by atoms with van der Waals surface area (Å²) in [6.07, 6.45) is 0. The van der Waals surface area contributed by atoms with Crippen LogP contribution in [0.5, 0.6) is 0 Å². The minimum Gasteiger partial charge on any atom is -0.381 e. The number of nitrogens with zero attached hydrogens (tertiary/aromatic N) is 2. The number of benzene rings is 2. The predicted octanol–water partition coefficient (Wildman–Crippen LogP) is 4.39. The average Bonchev–Trinajstić information content (AvgIpc) is 2.46. The molecule has 0 aliphatic carbocycles. The highest BCUT2D eigenvalue weighted by molar-refractivity contribution is 6.32. The SMILES string of the molecule is N#Cc1ccc(NCc2ccc(Cl)cc2[N+](=O)[O-])cc1Cl. The summed E-state index contributed by atoms with van der Waals surface area (Å²) >= 11 is 11.7. The second-order valence-corrected chi connectivity index (χ2v) is 5.03. The van der Waals surface area contributed by atoms with Gasteiger partial charge in [-0.3, -0.25) is 10.1 Å². The van der Waals surface area contributed by atoms with Crippen LogP contribution < -0.4 is 5.32 Å². The molecule has 0 atom stereocenters. The Hall–Kier alpha value is -2.29. The van der Waals surface area contributed by atoms with Crippen LogP contribution in [-0.4, -0.2) is 4.92 Å². The molecule has 0 amide bonds. The van der Waals surface area contributed by atoms with Gasteiger partial charge in [0.2, 0.25) is 0 Å². The van der Waals surface area contributed by atoms with E-state index in [1.807, 2.05) is 6.07 Å². The third kappa shape index (κ3) is 3.63. The van der Waals surface area contributed by atoms with E-state index in [1.54, 1.807) is 30.3 Å². The van der Waals surface area contributed by atoms with E-state index in [9.17, 15) is 10.1 Å². The smallest absolute Gasteiger partial charge is 0.275 e. The van der Waals surface area contributed by atoms with Crippen LogP contribution in [0.1, 0.15) is 11.1 Å². The number of hydrogen-bond acceptors (Lipinski definition) is 4. The van der Waals surface area contributed by atoms with Crippen LogP contribution in [0.25, 0.3) is 0 Å². The summed E-state index contributed by atoms with van der Waals surface area (Å²) < 4.78 is 0. The maximum Gasteiger partial charge on any atom is 0.275 e. The van der Waals surface area contributed by atoms with E-state index in [4.69, 9.17) is 28.5 Å². The Morgan fingerprint density at radius 2 is 2.00 bits per heavy atom. The molecule has 2 aromatic carbocycles. The molecule has 2 rings (SSSR count). The van der Waals surface area contributed by atoms with E-state index in [2.05, 4.69) is 5.32 Å². The molecule has 0 aliphatic heterocycles. The van der Waals surface area contributed by atoms with Crippen molar-refractivity contribution in [1.82, 2.24) is 0 Å². The molecule has 5 nitrogen and oxygen atoms in total. The summed E-state index contributed by atoms with van der Waals surface area (Å²) in [5.41, 5.74) is 1.50. The van der Waals surface area contributed by atoms with Crippen molar-refractivity contribution in [3.05, 3.63) is 67.7 Å². The lowest BCUT2D eigenvalue weighted by Crippen LogP contribution is -2.03. The third-order valence-corrected chi connectivity index (χ3v) is 3.36. The first-order valence-electron chi connectivity index (χ1n) is 5.87. The minimum absolute atomic E-state index is 0.0465. The Balaban J connectivity index is 2.19. The van der Waals surface area contributed by atoms with Crippen molar-refractivity contribution in [2.75, 3.05) is 5.32 Å². The van der Waals surface area contributed by atoms with Crippen molar-refractivity contribution in [2.24, 2.45) is 0 Å². The first-order valence-corrected chi connectivity index (χ1v) is 6.63. The van der Waals surface area contributed by atoms with Gasteiger partial charge in [-0.15, -0.1) is 0 Å². The Morgan fingerprint density at radius 3 is 2.62 bits per heavy atom. The van der Waals surface area contributed by atoms with Gasteiger partial charge in [-0.25, -0.2) is 0 Å². The molecule has 0 aromatic heterocycles. The van der Waals surface area contributed by atoms with Gasteiger partial charge in [-0.2, -0.15) is 5.26 Å². The van der Waals surface area contributed by atoms with Gasteiger partial charge in [-0.05, 0) is 30.3 Å². The van der Waals surface area contributed by atoms with E-state index in [1.165, 1.54) is 6.07 Å². The molecule has 0 radical (unpaired) electrons. The Labute approximate surface area is 130 Å². The van der Waals surface area contributed by atoms with Crippen LogP contribution >= 0.6 is 23.2 Å². The van der Waals surface area contributed by atoms with Crippen LogP contribution in [-0.2, 0) is 6.54 Å². The Morgan fingerprint density at radius 1 is 1.24 bits per heavy atom. The molecule has 106 valence electrons. The van der Waals surface area contributed by atoms with Gasteiger partial charge < -0.3 is 5.32 Å². The summed E-state index contributed by atoms with van der Waals surface area (Å²) in [6, 6.07) is 11.3. The molecule has 2 aromatic rings. The molecule has 0 bridgehead atoms. The minimum atomic E-state index is -0.478. The molecule has 0 heterocycles. The van der Waals surface area contributed by atoms with E-state index in [0.717, 1.165) is 0 Å². The van der Waals surface area contributed by atoms with E-state index >= 15 is 0 Å². The fourth-order valence-electron chi connectivity index (χ4n) is 1.77. The lowest BCUT2D eigenvalue weighted by Gasteiger charge is -2.08. The van der Waals surface area contributed by atoms with E-state index < -0.39 is 4.92 Å². The van der Waals surface area contributed by atoms with Crippen LogP contribution in [0.15, 0.2) is 36.4 Å². The van der Waals surface area contributed by atoms with Crippen molar-refractivity contribution in [2.45, 2.75) is 6.54 Å². The van der Waals surface area contributed by atoms with Crippen molar-refractivity contribution < 1.29 is 4.92 Å². The standard InChI is InChI=1S/C14H9Cl2N3O2/c15-11-3-1-10(14(5-11)19(20)21)8-18-12-4-2-9(7-17)13(16)6-12/h1-6,18H,8H2. The topological polar surface area (TPSA) is 79.0 Å². The van der Waals surface area contributed by atoms with Gasteiger partial charge in [0, 0.05) is 28.9 Å². The summed E-state index contributed by atoms with van der Waals surface area (Å²) in [4.78, 5) is 10.5.